The number of aliphatic hydroxyl groups is 1. The molecule has 2 fully saturated rings. The largest absolute Gasteiger partial charge is 0.507 e. The molecule has 1 atom stereocenters. The fourth-order valence-corrected chi connectivity index (χ4v) is 4.46. The standard InChI is InChI=1S/C24H25IN2O5/c1-31-19-4-2-3-17(15-19)22(28)20-21(16-5-7-18(25)8-6-16)27(24(30)23(20)29)10-9-26-11-13-32-14-12-26/h2-8,15,21,28H,9-14H2,1H3. The van der Waals surface area contributed by atoms with Crippen molar-refractivity contribution in [3.05, 3.63) is 68.8 Å². The molecule has 2 aliphatic rings. The zero-order valence-corrected chi connectivity index (χ0v) is 19.9. The minimum atomic E-state index is -0.671. The molecule has 4 rings (SSSR count). The Morgan fingerprint density at radius 2 is 1.84 bits per heavy atom. The number of ketones is 1. The lowest BCUT2D eigenvalue weighted by Gasteiger charge is -2.31. The molecule has 2 aromatic carbocycles. The van der Waals surface area contributed by atoms with E-state index in [1.165, 1.54) is 7.11 Å². The summed E-state index contributed by atoms with van der Waals surface area (Å²) >= 11 is 2.21. The average molecular weight is 548 g/mol. The molecule has 2 heterocycles. The lowest BCUT2D eigenvalue weighted by atomic mass is 9.95. The highest BCUT2D eigenvalue weighted by Crippen LogP contribution is 2.39. The molecular formula is C24H25IN2O5. The van der Waals surface area contributed by atoms with Gasteiger partial charge in [-0.2, -0.15) is 0 Å². The van der Waals surface area contributed by atoms with E-state index in [9.17, 15) is 14.7 Å². The number of benzene rings is 2. The predicted molar refractivity (Wildman–Crippen MR) is 128 cm³/mol. The maximum Gasteiger partial charge on any atom is 0.295 e. The second-order valence-electron chi connectivity index (χ2n) is 7.73. The first kappa shape index (κ1) is 22.8. The quantitative estimate of drug-likeness (QED) is 0.259. The van der Waals surface area contributed by atoms with Crippen LogP contribution in [0.5, 0.6) is 5.75 Å². The van der Waals surface area contributed by atoms with E-state index in [2.05, 4.69) is 27.5 Å². The molecule has 0 spiro atoms. The summed E-state index contributed by atoms with van der Waals surface area (Å²) in [6.07, 6.45) is 0. The smallest absolute Gasteiger partial charge is 0.295 e. The van der Waals surface area contributed by atoms with Gasteiger partial charge in [0.05, 0.1) is 31.9 Å². The van der Waals surface area contributed by atoms with E-state index in [-0.39, 0.29) is 11.3 Å². The van der Waals surface area contributed by atoms with E-state index in [1.807, 2.05) is 24.3 Å². The molecule has 0 radical (unpaired) electrons. The summed E-state index contributed by atoms with van der Waals surface area (Å²) in [5.41, 5.74) is 1.33. The zero-order valence-electron chi connectivity index (χ0n) is 17.8. The van der Waals surface area contributed by atoms with Gasteiger partial charge < -0.3 is 19.5 Å². The molecule has 8 heteroatoms. The minimum Gasteiger partial charge on any atom is -0.507 e. The SMILES string of the molecule is COc1cccc(C(O)=C2C(=O)C(=O)N(CCN3CCOCC3)C2c2ccc(I)cc2)c1. The van der Waals surface area contributed by atoms with Gasteiger partial charge in [0.1, 0.15) is 11.5 Å². The number of aliphatic hydroxyl groups excluding tert-OH is 1. The van der Waals surface area contributed by atoms with Gasteiger partial charge in [0.15, 0.2) is 0 Å². The lowest BCUT2D eigenvalue weighted by Crippen LogP contribution is -2.42. The summed E-state index contributed by atoms with van der Waals surface area (Å²) in [6.45, 7) is 3.93. The second-order valence-corrected chi connectivity index (χ2v) is 8.98. The molecule has 32 heavy (non-hydrogen) atoms. The van der Waals surface area contributed by atoms with Gasteiger partial charge >= 0.3 is 0 Å². The number of likely N-dealkylation sites (tertiary alicyclic amines) is 1. The first-order chi connectivity index (χ1) is 15.5. The first-order valence-corrected chi connectivity index (χ1v) is 11.6. The molecule has 0 saturated carbocycles. The van der Waals surface area contributed by atoms with Crippen molar-refractivity contribution in [3.63, 3.8) is 0 Å². The average Bonchev–Trinajstić information content (AvgIpc) is 3.08. The number of nitrogens with zero attached hydrogens (tertiary/aromatic N) is 2. The van der Waals surface area contributed by atoms with Crippen LogP contribution in [-0.4, -0.2) is 73.1 Å². The lowest BCUT2D eigenvalue weighted by molar-refractivity contribution is -0.140. The fourth-order valence-electron chi connectivity index (χ4n) is 4.10. The highest BCUT2D eigenvalue weighted by Gasteiger charge is 2.46. The van der Waals surface area contributed by atoms with Gasteiger partial charge in [0.25, 0.3) is 11.7 Å². The Morgan fingerprint density at radius 3 is 2.53 bits per heavy atom. The van der Waals surface area contributed by atoms with Crippen molar-refractivity contribution in [3.8, 4) is 5.75 Å². The van der Waals surface area contributed by atoms with Crippen LogP contribution in [0, 0.1) is 3.57 Å². The number of carbonyl (C=O) groups is 2. The number of rotatable bonds is 6. The van der Waals surface area contributed by atoms with Gasteiger partial charge in [-0.25, -0.2) is 0 Å². The Labute approximate surface area is 200 Å². The number of morpholine rings is 1. The zero-order chi connectivity index (χ0) is 22.7. The van der Waals surface area contributed by atoms with Gasteiger partial charge in [-0.05, 0) is 52.4 Å². The van der Waals surface area contributed by atoms with Crippen molar-refractivity contribution in [2.45, 2.75) is 6.04 Å². The number of carbonyl (C=O) groups excluding carboxylic acids is 2. The number of ether oxygens (including phenoxy) is 2. The topological polar surface area (TPSA) is 79.3 Å². The molecular weight excluding hydrogens is 523 g/mol. The third-order valence-electron chi connectivity index (χ3n) is 5.83. The molecule has 1 N–H and O–H groups in total. The van der Waals surface area contributed by atoms with Crippen LogP contribution >= 0.6 is 22.6 Å². The van der Waals surface area contributed by atoms with E-state index in [4.69, 9.17) is 9.47 Å². The Balaban J connectivity index is 1.73. The van der Waals surface area contributed by atoms with Crippen LogP contribution in [0.2, 0.25) is 0 Å². The maximum absolute atomic E-state index is 13.1. The third kappa shape index (κ3) is 4.67. The summed E-state index contributed by atoms with van der Waals surface area (Å²) < 4.78 is 11.7. The Kier molecular flexibility index (Phi) is 7.12. The summed E-state index contributed by atoms with van der Waals surface area (Å²) in [4.78, 5) is 30.0. The van der Waals surface area contributed by atoms with Crippen molar-refractivity contribution in [1.82, 2.24) is 9.80 Å². The third-order valence-corrected chi connectivity index (χ3v) is 6.55. The van der Waals surface area contributed by atoms with Gasteiger partial charge in [0.2, 0.25) is 0 Å². The van der Waals surface area contributed by atoms with Gasteiger partial charge in [-0.3, -0.25) is 14.5 Å². The molecule has 0 aliphatic carbocycles. The van der Waals surface area contributed by atoms with Crippen molar-refractivity contribution in [2.24, 2.45) is 0 Å². The van der Waals surface area contributed by atoms with Crippen molar-refractivity contribution in [1.29, 1.82) is 0 Å². The predicted octanol–water partition coefficient (Wildman–Crippen LogP) is 3.05. The number of halogens is 1. The second kappa shape index (κ2) is 10.0. The Morgan fingerprint density at radius 1 is 1.12 bits per heavy atom. The van der Waals surface area contributed by atoms with E-state index < -0.39 is 17.7 Å². The number of hydrogen-bond acceptors (Lipinski definition) is 6. The number of hydrogen-bond donors (Lipinski definition) is 1. The van der Waals surface area contributed by atoms with Gasteiger partial charge in [0, 0.05) is 35.3 Å². The fraction of sp³-hybridized carbons (Fsp3) is 0.333. The van der Waals surface area contributed by atoms with E-state index in [0.29, 0.717) is 37.6 Å². The van der Waals surface area contributed by atoms with Gasteiger partial charge in [-0.15, -0.1) is 0 Å². The van der Waals surface area contributed by atoms with E-state index in [0.717, 1.165) is 22.2 Å². The normalized spacial score (nSPS) is 21.2. The summed E-state index contributed by atoms with van der Waals surface area (Å²) in [5.74, 6) is -0.900. The number of Topliss-reactive ketones (excluding diaryl/α,β-unsaturated/α-hetero) is 1. The number of methoxy groups -OCH3 is 1. The summed E-state index contributed by atoms with van der Waals surface area (Å²) in [6, 6.07) is 13.9. The molecule has 2 aliphatic heterocycles. The molecule has 168 valence electrons. The molecule has 2 saturated heterocycles. The van der Waals surface area contributed by atoms with Crippen LogP contribution < -0.4 is 4.74 Å². The van der Waals surface area contributed by atoms with Crippen LogP contribution in [0.25, 0.3) is 5.76 Å². The number of amides is 1. The maximum atomic E-state index is 13.1. The highest BCUT2D eigenvalue weighted by molar-refractivity contribution is 14.1. The van der Waals surface area contributed by atoms with E-state index in [1.54, 1.807) is 29.2 Å². The van der Waals surface area contributed by atoms with Crippen molar-refractivity contribution in [2.75, 3.05) is 46.5 Å². The summed E-state index contributed by atoms with van der Waals surface area (Å²) in [7, 11) is 1.54. The molecule has 1 unspecified atom stereocenters. The van der Waals surface area contributed by atoms with Crippen LogP contribution in [0.4, 0.5) is 0 Å². The van der Waals surface area contributed by atoms with Crippen LogP contribution in [0.1, 0.15) is 17.2 Å². The molecule has 1 amide bonds. The Bertz CT molecular complexity index is 1030. The van der Waals surface area contributed by atoms with Crippen LogP contribution in [0.3, 0.4) is 0 Å². The molecule has 0 aromatic heterocycles. The van der Waals surface area contributed by atoms with Crippen LogP contribution in [0.15, 0.2) is 54.1 Å². The van der Waals surface area contributed by atoms with E-state index >= 15 is 0 Å². The molecule has 2 aromatic rings. The van der Waals surface area contributed by atoms with Crippen LogP contribution in [-0.2, 0) is 14.3 Å². The van der Waals surface area contributed by atoms with Crippen molar-refractivity contribution >= 4 is 40.0 Å². The highest BCUT2D eigenvalue weighted by atomic mass is 127. The summed E-state index contributed by atoms with van der Waals surface area (Å²) in [5, 5.41) is 11.1. The minimum absolute atomic E-state index is 0.103. The monoisotopic (exact) mass is 548 g/mol. The first-order valence-electron chi connectivity index (χ1n) is 10.5. The Hall–Kier alpha value is -2.43. The molecule has 7 nitrogen and oxygen atoms in total. The van der Waals surface area contributed by atoms with Gasteiger partial charge in [-0.1, -0.05) is 24.3 Å². The van der Waals surface area contributed by atoms with Crippen molar-refractivity contribution < 1.29 is 24.2 Å². The molecule has 0 bridgehead atoms.